The summed E-state index contributed by atoms with van der Waals surface area (Å²) in [6.07, 6.45) is 1.60. The van der Waals surface area contributed by atoms with Crippen LogP contribution >= 0.6 is 0 Å². The summed E-state index contributed by atoms with van der Waals surface area (Å²) in [5, 5.41) is 7.17. The van der Waals surface area contributed by atoms with Gasteiger partial charge in [-0.3, -0.25) is 9.89 Å². The maximum atomic E-state index is 13.0. The van der Waals surface area contributed by atoms with Gasteiger partial charge in [-0.1, -0.05) is 0 Å². The Morgan fingerprint density at radius 3 is 2.55 bits per heavy atom. The van der Waals surface area contributed by atoms with Crippen molar-refractivity contribution in [2.75, 3.05) is 0 Å². The van der Waals surface area contributed by atoms with Crippen molar-refractivity contribution >= 4 is 0 Å². The van der Waals surface area contributed by atoms with Gasteiger partial charge >= 0.3 is 0 Å². The zero-order valence-electron chi connectivity index (χ0n) is 10.8. The van der Waals surface area contributed by atoms with Crippen LogP contribution in [0.25, 0.3) is 22.4 Å². The summed E-state index contributed by atoms with van der Waals surface area (Å²) < 4.78 is 13.0. The van der Waals surface area contributed by atoms with E-state index in [1.54, 1.807) is 18.3 Å². The molecule has 5 heteroatoms. The number of aryl methyl sites for hydroxylation is 1. The molecule has 3 rings (SSSR count). The molecule has 0 amide bonds. The molecule has 0 unspecified atom stereocenters. The number of nitrogens with zero attached hydrogens (tertiary/aromatic N) is 1. The van der Waals surface area contributed by atoms with Crippen molar-refractivity contribution in [1.29, 1.82) is 0 Å². The maximum Gasteiger partial charge on any atom is 0.248 e. The van der Waals surface area contributed by atoms with E-state index in [0.29, 0.717) is 5.69 Å². The van der Waals surface area contributed by atoms with Crippen LogP contribution in [0.5, 0.6) is 0 Å². The highest BCUT2D eigenvalue weighted by Gasteiger charge is 2.14. The zero-order chi connectivity index (χ0) is 14.1. The van der Waals surface area contributed by atoms with Crippen LogP contribution in [-0.4, -0.2) is 15.2 Å². The van der Waals surface area contributed by atoms with Gasteiger partial charge < -0.3 is 4.98 Å². The van der Waals surface area contributed by atoms with Crippen LogP contribution in [0.1, 0.15) is 5.69 Å². The number of hydrogen-bond acceptors (Lipinski definition) is 2. The molecule has 0 spiro atoms. The highest BCUT2D eigenvalue weighted by Crippen LogP contribution is 2.32. The van der Waals surface area contributed by atoms with Gasteiger partial charge in [0.15, 0.2) is 0 Å². The molecule has 2 heterocycles. The van der Waals surface area contributed by atoms with Crippen LogP contribution in [0.4, 0.5) is 4.39 Å². The number of benzene rings is 1. The number of halogens is 1. The number of aromatic nitrogens is 3. The van der Waals surface area contributed by atoms with Crippen molar-refractivity contribution in [1.82, 2.24) is 15.2 Å². The van der Waals surface area contributed by atoms with Gasteiger partial charge in [0.1, 0.15) is 11.5 Å². The minimum Gasteiger partial charge on any atom is -0.329 e. The average Bonchev–Trinajstić information content (AvgIpc) is 2.81. The van der Waals surface area contributed by atoms with Crippen molar-refractivity contribution in [3.63, 3.8) is 0 Å². The first-order valence-corrected chi connectivity index (χ1v) is 6.15. The van der Waals surface area contributed by atoms with E-state index >= 15 is 0 Å². The van der Waals surface area contributed by atoms with Crippen molar-refractivity contribution in [2.24, 2.45) is 0 Å². The van der Waals surface area contributed by atoms with Crippen LogP contribution in [0, 0.1) is 12.7 Å². The van der Waals surface area contributed by atoms with E-state index in [0.717, 1.165) is 22.4 Å². The smallest absolute Gasteiger partial charge is 0.248 e. The second-order valence-corrected chi connectivity index (χ2v) is 4.52. The molecule has 2 N–H and O–H groups in total. The summed E-state index contributed by atoms with van der Waals surface area (Å²) in [4.78, 5) is 14.0. The Hall–Kier alpha value is -2.69. The van der Waals surface area contributed by atoms with E-state index in [2.05, 4.69) is 15.2 Å². The van der Waals surface area contributed by atoms with E-state index in [4.69, 9.17) is 0 Å². The van der Waals surface area contributed by atoms with Gasteiger partial charge in [0.25, 0.3) is 0 Å². The van der Waals surface area contributed by atoms with Gasteiger partial charge in [-0.05, 0) is 42.8 Å². The summed E-state index contributed by atoms with van der Waals surface area (Å²) in [5.74, 6) is -0.293. The number of pyridine rings is 1. The van der Waals surface area contributed by atoms with E-state index in [1.807, 2.05) is 13.0 Å². The van der Waals surface area contributed by atoms with E-state index in [9.17, 15) is 9.18 Å². The molecule has 0 atom stereocenters. The summed E-state index contributed by atoms with van der Waals surface area (Å²) in [6.45, 7) is 1.89. The summed E-state index contributed by atoms with van der Waals surface area (Å²) >= 11 is 0. The third kappa shape index (κ3) is 2.14. The lowest BCUT2D eigenvalue weighted by atomic mass is 10.0. The first-order valence-electron chi connectivity index (χ1n) is 6.15. The van der Waals surface area contributed by atoms with Crippen LogP contribution < -0.4 is 5.56 Å². The molecular formula is C15H12FN3O. The van der Waals surface area contributed by atoms with Gasteiger partial charge in [-0.25, -0.2) is 4.39 Å². The zero-order valence-corrected chi connectivity index (χ0v) is 10.8. The third-order valence-corrected chi connectivity index (χ3v) is 3.13. The number of nitrogens with one attached hydrogen (secondary N) is 2. The predicted octanol–water partition coefficient (Wildman–Crippen LogP) is 2.88. The van der Waals surface area contributed by atoms with Crippen molar-refractivity contribution in [2.45, 2.75) is 6.92 Å². The minimum atomic E-state index is -0.293. The average molecular weight is 269 g/mol. The molecule has 20 heavy (non-hydrogen) atoms. The molecule has 4 nitrogen and oxygen atoms in total. The minimum absolute atomic E-state index is 0.173. The molecule has 0 saturated carbocycles. The Morgan fingerprint density at radius 2 is 1.85 bits per heavy atom. The molecule has 0 bridgehead atoms. The quantitative estimate of drug-likeness (QED) is 0.751. The van der Waals surface area contributed by atoms with Crippen LogP contribution in [0.3, 0.4) is 0 Å². The molecule has 3 aromatic rings. The summed E-state index contributed by atoms with van der Waals surface area (Å²) in [5.41, 5.74) is 3.81. The maximum absolute atomic E-state index is 13.0. The molecule has 0 aliphatic heterocycles. The van der Waals surface area contributed by atoms with Gasteiger partial charge in [0, 0.05) is 29.1 Å². The lowest BCUT2D eigenvalue weighted by Gasteiger charge is -2.04. The Morgan fingerprint density at radius 1 is 1.10 bits per heavy atom. The first-order chi connectivity index (χ1) is 9.65. The summed E-state index contributed by atoms with van der Waals surface area (Å²) in [7, 11) is 0. The van der Waals surface area contributed by atoms with Crippen molar-refractivity contribution in [3.05, 3.63) is 64.5 Å². The lowest BCUT2D eigenvalue weighted by molar-refractivity contribution is 0.628. The second kappa shape index (κ2) is 4.77. The fourth-order valence-corrected chi connectivity index (χ4v) is 2.20. The standard InChI is InChI=1S/C15H12FN3O/c1-9-14(11-6-7-17-13(20)8-11)15(19-18-9)10-2-4-12(16)5-3-10/h2-8H,1H3,(H,17,20)(H,18,19). The number of H-pyrrole nitrogens is 2. The Balaban J connectivity index is 2.19. The third-order valence-electron chi connectivity index (χ3n) is 3.13. The fraction of sp³-hybridized carbons (Fsp3) is 0.0667. The first kappa shape index (κ1) is 12.3. The largest absolute Gasteiger partial charge is 0.329 e. The summed E-state index contributed by atoms with van der Waals surface area (Å²) in [6, 6.07) is 9.45. The highest BCUT2D eigenvalue weighted by atomic mass is 19.1. The molecular weight excluding hydrogens is 257 g/mol. The molecule has 0 aliphatic rings. The molecule has 2 aromatic heterocycles. The van der Waals surface area contributed by atoms with E-state index < -0.39 is 0 Å². The molecule has 0 saturated heterocycles. The van der Waals surface area contributed by atoms with E-state index in [1.165, 1.54) is 18.2 Å². The molecule has 0 radical (unpaired) electrons. The number of aromatic amines is 2. The van der Waals surface area contributed by atoms with Gasteiger partial charge in [0.2, 0.25) is 5.56 Å². The fourth-order valence-electron chi connectivity index (χ4n) is 2.20. The SMILES string of the molecule is Cc1[nH]nc(-c2ccc(F)cc2)c1-c1cc[nH]c(=O)c1. The second-order valence-electron chi connectivity index (χ2n) is 4.52. The van der Waals surface area contributed by atoms with Crippen LogP contribution in [0.2, 0.25) is 0 Å². The van der Waals surface area contributed by atoms with Crippen LogP contribution in [0.15, 0.2) is 47.4 Å². The topological polar surface area (TPSA) is 61.5 Å². The van der Waals surface area contributed by atoms with Gasteiger partial charge in [-0.2, -0.15) is 5.10 Å². The number of hydrogen-bond donors (Lipinski definition) is 2. The Kier molecular flexibility index (Phi) is 2.95. The Labute approximate surface area is 114 Å². The van der Waals surface area contributed by atoms with Gasteiger partial charge in [0.05, 0.1) is 0 Å². The van der Waals surface area contributed by atoms with Crippen LogP contribution in [-0.2, 0) is 0 Å². The normalized spacial score (nSPS) is 10.7. The van der Waals surface area contributed by atoms with Crippen molar-refractivity contribution in [3.8, 4) is 22.4 Å². The van der Waals surface area contributed by atoms with Gasteiger partial charge in [-0.15, -0.1) is 0 Å². The molecule has 100 valence electrons. The van der Waals surface area contributed by atoms with E-state index in [-0.39, 0.29) is 11.4 Å². The lowest BCUT2D eigenvalue weighted by Crippen LogP contribution is -2.02. The highest BCUT2D eigenvalue weighted by molar-refractivity contribution is 5.82. The Bertz CT molecular complexity index is 802. The molecule has 1 aromatic carbocycles. The predicted molar refractivity (Wildman–Crippen MR) is 74.8 cm³/mol. The van der Waals surface area contributed by atoms with Crippen molar-refractivity contribution < 1.29 is 4.39 Å². The molecule has 0 fully saturated rings. The number of rotatable bonds is 2. The monoisotopic (exact) mass is 269 g/mol. The molecule has 0 aliphatic carbocycles.